The molecular weight excluding hydrogens is 334 g/mol. The molecule has 1 aromatic heterocycles. The zero-order valence-corrected chi connectivity index (χ0v) is 14.8. The Morgan fingerprint density at radius 3 is 2.92 bits per heavy atom. The van der Waals surface area contributed by atoms with Crippen LogP contribution in [0, 0.1) is 0 Å². The number of carbonyl (C=O) groups excluding carboxylic acids is 1. The highest BCUT2D eigenvalue weighted by molar-refractivity contribution is 5.74. The van der Waals surface area contributed by atoms with E-state index in [1.807, 2.05) is 18.2 Å². The first-order valence-electron chi connectivity index (χ1n) is 9.42. The van der Waals surface area contributed by atoms with Gasteiger partial charge < -0.3 is 19.8 Å². The molecule has 1 aliphatic carbocycles. The number of hydrogen-bond acceptors (Lipinski definition) is 4. The number of urea groups is 1. The molecule has 7 heteroatoms. The SMILES string of the molecule is O=C(NCCn1c(=O)oc2ccccc21)NC1CCOC2(CCCC2)C1. The average Bonchev–Trinajstić information content (AvgIpc) is 3.19. The van der Waals surface area contributed by atoms with Gasteiger partial charge in [0.1, 0.15) is 0 Å². The van der Waals surface area contributed by atoms with Crippen LogP contribution in [0.1, 0.15) is 38.5 Å². The Labute approximate surface area is 151 Å². The Kier molecular flexibility index (Phi) is 4.72. The summed E-state index contributed by atoms with van der Waals surface area (Å²) in [4.78, 5) is 24.1. The maximum absolute atomic E-state index is 12.2. The van der Waals surface area contributed by atoms with Crippen LogP contribution in [-0.4, -0.2) is 35.4 Å². The molecule has 7 nitrogen and oxygen atoms in total. The summed E-state index contributed by atoms with van der Waals surface area (Å²) in [5.41, 5.74) is 1.29. The van der Waals surface area contributed by atoms with Crippen molar-refractivity contribution in [2.75, 3.05) is 13.2 Å². The highest BCUT2D eigenvalue weighted by atomic mass is 16.5. The van der Waals surface area contributed by atoms with Gasteiger partial charge in [0.15, 0.2) is 5.58 Å². The smallest absolute Gasteiger partial charge is 0.408 e. The lowest BCUT2D eigenvalue weighted by Gasteiger charge is -2.38. The number of oxazole rings is 1. The maximum Gasteiger partial charge on any atom is 0.420 e. The van der Waals surface area contributed by atoms with Gasteiger partial charge in [0.25, 0.3) is 0 Å². The average molecular weight is 359 g/mol. The molecule has 2 N–H and O–H groups in total. The molecule has 1 unspecified atom stereocenters. The van der Waals surface area contributed by atoms with Crippen molar-refractivity contribution >= 4 is 17.1 Å². The summed E-state index contributed by atoms with van der Waals surface area (Å²) in [7, 11) is 0. The number of carbonyl (C=O) groups is 1. The van der Waals surface area contributed by atoms with Crippen molar-refractivity contribution in [3.63, 3.8) is 0 Å². The second-order valence-corrected chi connectivity index (χ2v) is 7.32. The number of ether oxygens (including phenoxy) is 1. The number of hydrogen-bond donors (Lipinski definition) is 2. The van der Waals surface area contributed by atoms with E-state index < -0.39 is 5.76 Å². The first-order chi connectivity index (χ1) is 12.7. The molecular formula is C19H25N3O4. The molecule has 4 rings (SSSR count). The van der Waals surface area contributed by atoms with Crippen LogP contribution in [0.5, 0.6) is 0 Å². The van der Waals surface area contributed by atoms with Crippen molar-refractivity contribution < 1.29 is 13.9 Å². The minimum Gasteiger partial charge on any atom is -0.408 e. The molecule has 2 fully saturated rings. The Hall–Kier alpha value is -2.28. The fourth-order valence-electron chi connectivity index (χ4n) is 4.26. The van der Waals surface area contributed by atoms with Gasteiger partial charge in [-0.3, -0.25) is 4.57 Å². The van der Waals surface area contributed by atoms with Gasteiger partial charge in [-0.1, -0.05) is 25.0 Å². The van der Waals surface area contributed by atoms with Crippen LogP contribution in [0.15, 0.2) is 33.5 Å². The van der Waals surface area contributed by atoms with Crippen molar-refractivity contribution in [2.24, 2.45) is 0 Å². The van der Waals surface area contributed by atoms with Crippen LogP contribution in [-0.2, 0) is 11.3 Å². The van der Waals surface area contributed by atoms with Gasteiger partial charge in [0.2, 0.25) is 0 Å². The molecule has 1 spiro atoms. The molecule has 0 radical (unpaired) electrons. The van der Waals surface area contributed by atoms with Crippen molar-refractivity contribution in [2.45, 2.75) is 56.7 Å². The molecule has 140 valence electrons. The van der Waals surface area contributed by atoms with Crippen LogP contribution in [0.4, 0.5) is 4.79 Å². The molecule has 2 aliphatic rings. The van der Waals surface area contributed by atoms with E-state index in [4.69, 9.17) is 9.15 Å². The van der Waals surface area contributed by atoms with E-state index in [9.17, 15) is 9.59 Å². The monoisotopic (exact) mass is 359 g/mol. The van der Waals surface area contributed by atoms with E-state index in [2.05, 4.69) is 10.6 Å². The number of nitrogens with zero attached hydrogens (tertiary/aromatic N) is 1. The predicted molar refractivity (Wildman–Crippen MR) is 97.2 cm³/mol. The Morgan fingerprint density at radius 2 is 2.08 bits per heavy atom. The molecule has 1 saturated heterocycles. The van der Waals surface area contributed by atoms with Crippen molar-refractivity contribution in [1.29, 1.82) is 0 Å². The number of benzene rings is 1. The normalized spacial score (nSPS) is 21.9. The van der Waals surface area contributed by atoms with Gasteiger partial charge in [-0.2, -0.15) is 0 Å². The summed E-state index contributed by atoms with van der Waals surface area (Å²) >= 11 is 0. The van der Waals surface area contributed by atoms with E-state index in [1.54, 1.807) is 6.07 Å². The summed E-state index contributed by atoms with van der Waals surface area (Å²) in [5.74, 6) is -0.402. The first kappa shape index (κ1) is 17.1. The third-order valence-corrected chi connectivity index (χ3v) is 5.54. The van der Waals surface area contributed by atoms with Crippen LogP contribution in [0.2, 0.25) is 0 Å². The van der Waals surface area contributed by atoms with Gasteiger partial charge in [-0.25, -0.2) is 9.59 Å². The molecule has 1 atom stereocenters. The molecule has 1 saturated carbocycles. The Bertz CT molecular complexity index is 835. The molecule has 26 heavy (non-hydrogen) atoms. The maximum atomic E-state index is 12.2. The van der Waals surface area contributed by atoms with Crippen LogP contribution < -0.4 is 16.4 Å². The van der Waals surface area contributed by atoms with Crippen LogP contribution >= 0.6 is 0 Å². The van der Waals surface area contributed by atoms with Crippen LogP contribution in [0.25, 0.3) is 11.1 Å². The third kappa shape index (κ3) is 3.49. The summed E-state index contributed by atoms with van der Waals surface area (Å²) in [6, 6.07) is 7.25. The first-order valence-corrected chi connectivity index (χ1v) is 9.42. The zero-order chi connectivity index (χ0) is 18.0. The van der Waals surface area contributed by atoms with Gasteiger partial charge in [0.05, 0.1) is 11.1 Å². The standard InChI is InChI=1S/C19H25N3O4/c23-17(21-14-7-12-25-19(13-14)8-3-4-9-19)20-10-11-22-15-5-1-2-6-16(15)26-18(22)24/h1-2,5-6,14H,3-4,7-13H2,(H2,20,21,23). The second kappa shape index (κ2) is 7.15. The lowest BCUT2D eigenvalue weighted by Crippen LogP contribution is -2.50. The molecule has 1 aliphatic heterocycles. The summed E-state index contributed by atoms with van der Waals surface area (Å²) in [6.07, 6.45) is 6.37. The number of rotatable bonds is 4. The topological polar surface area (TPSA) is 85.5 Å². The Morgan fingerprint density at radius 1 is 1.27 bits per heavy atom. The van der Waals surface area contributed by atoms with Gasteiger partial charge >= 0.3 is 11.8 Å². The third-order valence-electron chi connectivity index (χ3n) is 5.54. The van der Waals surface area contributed by atoms with Crippen molar-refractivity contribution in [3.05, 3.63) is 34.8 Å². The molecule has 1 aromatic carbocycles. The number of fused-ring (bicyclic) bond motifs is 1. The predicted octanol–water partition coefficient (Wildman–Crippen LogP) is 2.39. The highest BCUT2D eigenvalue weighted by Crippen LogP contribution is 2.39. The van der Waals surface area contributed by atoms with E-state index in [0.29, 0.717) is 25.3 Å². The highest BCUT2D eigenvalue weighted by Gasteiger charge is 2.40. The van der Waals surface area contributed by atoms with Gasteiger partial charge in [-0.05, 0) is 37.8 Å². The summed E-state index contributed by atoms with van der Waals surface area (Å²) < 4.78 is 12.7. The molecule has 2 aromatic rings. The quantitative estimate of drug-likeness (QED) is 0.878. The Balaban J connectivity index is 1.29. The van der Waals surface area contributed by atoms with E-state index in [-0.39, 0.29) is 17.7 Å². The van der Waals surface area contributed by atoms with Gasteiger partial charge in [0, 0.05) is 25.7 Å². The second-order valence-electron chi connectivity index (χ2n) is 7.32. The van der Waals surface area contributed by atoms with Crippen molar-refractivity contribution in [3.8, 4) is 0 Å². The zero-order valence-electron chi connectivity index (χ0n) is 14.8. The lowest BCUT2D eigenvalue weighted by atomic mass is 9.89. The number of aromatic nitrogens is 1. The van der Waals surface area contributed by atoms with E-state index >= 15 is 0 Å². The van der Waals surface area contributed by atoms with Crippen molar-refractivity contribution in [1.82, 2.24) is 15.2 Å². The minimum absolute atomic E-state index is 0.0147. The summed E-state index contributed by atoms with van der Waals surface area (Å²) in [5, 5.41) is 5.91. The molecule has 2 amide bonds. The fraction of sp³-hybridized carbons (Fsp3) is 0.579. The number of amides is 2. The lowest BCUT2D eigenvalue weighted by molar-refractivity contribution is -0.0820. The summed E-state index contributed by atoms with van der Waals surface area (Å²) in [6.45, 7) is 1.45. The van der Waals surface area contributed by atoms with Gasteiger partial charge in [-0.15, -0.1) is 0 Å². The minimum atomic E-state index is -0.402. The molecule has 2 heterocycles. The van der Waals surface area contributed by atoms with E-state index in [0.717, 1.165) is 31.2 Å². The largest absolute Gasteiger partial charge is 0.420 e. The molecule has 0 bridgehead atoms. The van der Waals surface area contributed by atoms with E-state index in [1.165, 1.54) is 17.4 Å². The number of para-hydroxylation sites is 2. The fourth-order valence-corrected chi connectivity index (χ4v) is 4.26. The number of nitrogens with one attached hydrogen (secondary N) is 2. The van der Waals surface area contributed by atoms with Crippen LogP contribution in [0.3, 0.4) is 0 Å².